The predicted molar refractivity (Wildman–Crippen MR) is 65.7 cm³/mol. The number of hydrogen-bond donors (Lipinski definition) is 1. The summed E-state index contributed by atoms with van der Waals surface area (Å²) in [4.78, 5) is 23.3. The van der Waals surface area contributed by atoms with E-state index in [0.717, 1.165) is 0 Å². The molecular formula is C12H17NO2S. The van der Waals surface area contributed by atoms with E-state index < -0.39 is 0 Å². The van der Waals surface area contributed by atoms with Crippen LogP contribution >= 0.6 is 11.3 Å². The zero-order valence-corrected chi connectivity index (χ0v) is 10.7. The van der Waals surface area contributed by atoms with Gasteiger partial charge < -0.3 is 5.32 Å². The molecule has 1 amide bonds. The first-order chi connectivity index (χ1) is 7.42. The van der Waals surface area contributed by atoms with Crippen LogP contribution in [0.25, 0.3) is 0 Å². The van der Waals surface area contributed by atoms with Gasteiger partial charge in [-0.3, -0.25) is 9.59 Å². The van der Waals surface area contributed by atoms with Crippen molar-refractivity contribution in [2.24, 2.45) is 0 Å². The lowest BCUT2D eigenvalue weighted by atomic mass is 9.91. The minimum Gasteiger partial charge on any atom is -0.355 e. The van der Waals surface area contributed by atoms with E-state index in [1.54, 1.807) is 11.3 Å². The molecule has 0 saturated heterocycles. The highest BCUT2D eigenvalue weighted by atomic mass is 32.1. The highest BCUT2D eigenvalue weighted by molar-refractivity contribution is 7.10. The van der Waals surface area contributed by atoms with E-state index in [-0.39, 0.29) is 23.5 Å². The van der Waals surface area contributed by atoms with Gasteiger partial charge in [0.2, 0.25) is 5.91 Å². The van der Waals surface area contributed by atoms with Crippen LogP contribution in [0.5, 0.6) is 0 Å². The van der Waals surface area contributed by atoms with Gasteiger partial charge in [-0.1, -0.05) is 19.9 Å². The summed E-state index contributed by atoms with van der Waals surface area (Å²) >= 11 is 1.68. The zero-order chi connectivity index (χ0) is 12.2. The molecule has 0 aliphatic carbocycles. The molecule has 0 unspecified atom stereocenters. The Kier molecular flexibility index (Phi) is 4.24. The van der Waals surface area contributed by atoms with Crippen molar-refractivity contribution >= 4 is 23.0 Å². The molecule has 4 heteroatoms. The summed E-state index contributed by atoms with van der Waals surface area (Å²) in [5, 5.41) is 4.81. The third-order valence-electron chi connectivity index (χ3n) is 2.33. The Hall–Kier alpha value is -1.16. The lowest BCUT2D eigenvalue weighted by molar-refractivity contribution is -0.127. The number of thiophene rings is 1. The van der Waals surface area contributed by atoms with Crippen molar-refractivity contribution in [3.8, 4) is 0 Å². The van der Waals surface area contributed by atoms with Crippen molar-refractivity contribution in [3.63, 3.8) is 0 Å². The summed E-state index contributed by atoms with van der Waals surface area (Å²) in [7, 11) is 0. The van der Waals surface area contributed by atoms with E-state index in [1.165, 1.54) is 11.8 Å². The summed E-state index contributed by atoms with van der Waals surface area (Å²) < 4.78 is 0. The van der Waals surface area contributed by atoms with Crippen LogP contribution in [0.2, 0.25) is 0 Å². The highest BCUT2D eigenvalue weighted by Gasteiger charge is 2.22. The normalized spacial score (nSPS) is 11.2. The molecule has 1 heterocycles. The quantitative estimate of drug-likeness (QED) is 0.800. The first-order valence-corrected chi connectivity index (χ1v) is 6.10. The van der Waals surface area contributed by atoms with Crippen molar-refractivity contribution < 1.29 is 9.59 Å². The number of rotatable bonds is 5. The van der Waals surface area contributed by atoms with Crippen molar-refractivity contribution in [2.45, 2.75) is 32.6 Å². The van der Waals surface area contributed by atoms with Crippen LogP contribution < -0.4 is 5.32 Å². The molecule has 88 valence electrons. The fourth-order valence-corrected chi connectivity index (χ4v) is 2.21. The second-order valence-corrected chi connectivity index (χ2v) is 5.46. The molecule has 1 aromatic heterocycles. The third-order valence-corrected chi connectivity index (χ3v) is 3.56. The number of Topliss-reactive ketones (excluding diaryl/α,β-unsaturated/α-hetero) is 1. The summed E-state index contributed by atoms with van der Waals surface area (Å²) in [6.45, 7) is 6.13. The minimum absolute atomic E-state index is 0.0273. The molecule has 0 aromatic carbocycles. The van der Waals surface area contributed by atoms with Gasteiger partial charge in [0, 0.05) is 16.8 Å². The maximum absolute atomic E-state index is 11.3. The SMILES string of the molecule is CC(=O)CC(=O)NCC(C)(C)c1cccs1. The van der Waals surface area contributed by atoms with Crippen molar-refractivity contribution in [3.05, 3.63) is 22.4 Å². The summed E-state index contributed by atoms with van der Waals surface area (Å²) in [5.74, 6) is -0.302. The Bertz CT molecular complexity index is 368. The zero-order valence-electron chi connectivity index (χ0n) is 9.87. The minimum atomic E-state index is -0.197. The van der Waals surface area contributed by atoms with Crippen LogP contribution in [-0.4, -0.2) is 18.2 Å². The first-order valence-electron chi connectivity index (χ1n) is 5.22. The fraction of sp³-hybridized carbons (Fsp3) is 0.500. The monoisotopic (exact) mass is 239 g/mol. The van der Waals surface area contributed by atoms with E-state index in [2.05, 4.69) is 25.2 Å². The number of hydrogen-bond acceptors (Lipinski definition) is 3. The van der Waals surface area contributed by atoms with Crippen LogP contribution in [0.3, 0.4) is 0 Å². The van der Waals surface area contributed by atoms with Gasteiger partial charge in [-0.15, -0.1) is 11.3 Å². The van der Waals surface area contributed by atoms with Gasteiger partial charge in [-0.05, 0) is 18.4 Å². The molecule has 0 aliphatic rings. The number of carbonyl (C=O) groups is 2. The van der Waals surface area contributed by atoms with E-state index in [1.807, 2.05) is 11.4 Å². The Balaban J connectivity index is 2.48. The first kappa shape index (κ1) is 12.9. The van der Waals surface area contributed by atoms with Crippen LogP contribution in [0, 0.1) is 0 Å². The lowest BCUT2D eigenvalue weighted by Gasteiger charge is -2.23. The summed E-state index contributed by atoms with van der Waals surface area (Å²) in [6, 6.07) is 4.06. The topological polar surface area (TPSA) is 46.2 Å². The van der Waals surface area contributed by atoms with Crippen molar-refractivity contribution in [1.29, 1.82) is 0 Å². The highest BCUT2D eigenvalue weighted by Crippen LogP contribution is 2.26. The van der Waals surface area contributed by atoms with E-state index in [9.17, 15) is 9.59 Å². The molecule has 1 aromatic rings. The number of ketones is 1. The summed E-state index contributed by atoms with van der Waals surface area (Å²) in [6.07, 6.45) is -0.0273. The fourth-order valence-electron chi connectivity index (χ4n) is 1.36. The molecule has 16 heavy (non-hydrogen) atoms. The summed E-state index contributed by atoms with van der Waals surface area (Å²) in [5.41, 5.74) is -0.0827. The average molecular weight is 239 g/mol. The standard InChI is InChI=1S/C12H17NO2S/c1-9(14)7-11(15)13-8-12(2,3)10-5-4-6-16-10/h4-6H,7-8H2,1-3H3,(H,13,15). The van der Waals surface area contributed by atoms with Gasteiger partial charge >= 0.3 is 0 Å². The third kappa shape index (κ3) is 3.77. The van der Waals surface area contributed by atoms with Gasteiger partial charge in [0.05, 0.1) is 6.42 Å². The van der Waals surface area contributed by atoms with Crippen molar-refractivity contribution in [2.75, 3.05) is 6.54 Å². The lowest BCUT2D eigenvalue weighted by Crippen LogP contribution is -2.36. The van der Waals surface area contributed by atoms with E-state index in [4.69, 9.17) is 0 Å². The van der Waals surface area contributed by atoms with Gasteiger partial charge in [0.1, 0.15) is 5.78 Å². The maximum atomic E-state index is 11.3. The molecule has 0 saturated carbocycles. The number of nitrogens with one attached hydrogen (secondary N) is 1. The molecular weight excluding hydrogens is 222 g/mol. The number of carbonyl (C=O) groups excluding carboxylic acids is 2. The largest absolute Gasteiger partial charge is 0.355 e. The molecule has 3 nitrogen and oxygen atoms in total. The molecule has 0 radical (unpaired) electrons. The Morgan fingerprint density at radius 1 is 1.44 bits per heavy atom. The molecule has 0 atom stereocenters. The second kappa shape index (κ2) is 5.25. The molecule has 1 N–H and O–H groups in total. The predicted octanol–water partition coefficient (Wildman–Crippen LogP) is 2.12. The van der Waals surface area contributed by atoms with E-state index in [0.29, 0.717) is 6.54 Å². The smallest absolute Gasteiger partial charge is 0.227 e. The molecule has 0 fully saturated rings. The van der Waals surface area contributed by atoms with Gasteiger partial charge in [0.15, 0.2) is 0 Å². The van der Waals surface area contributed by atoms with Gasteiger partial charge in [-0.25, -0.2) is 0 Å². The van der Waals surface area contributed by atoms with E-state index >= 15 is 0 Å². The Morgan fingerprint density at radius 2 is 2.12 bits per heavy atom. The van der Waals surface area contributed by atoms with Crippen LogP contribution in [0.4, 0.5) is 0 Å². The average Bonchev–Trinajstić information content (AvgIpc) is 2.67. The molecule has 0 bridgehead atoms. The van der Waals surface area contributed by atoms with Crippen LogP contribution in [0.1, 0.15) is 32.1 Å². The van der Waals surface area contributed by atoms with Crippen molar-refractivity contribution in [1.82, 2.24) is 5.32 Å². The maximum Gasteiger partial charge on any atom is 0.227 e. The molecule has 0 aliphatic heterocycles. The number of amides is 1. The Labute approximate surface area is 99.9 Å². The van der Waals surface area contributed by atoms with Gasteiger partial charge in [-0.2, -0.15) is 0 Å². The second-order valence-electron chi connectivity index (χ2n) is 4.52. The molecule has 0 spiro atoms. The molecule has 1 rings (SSSR count). The van der Waals surface area contributed by atoms with Crippen LogP contribution in [-0.2, 0) is 15.0 Å². The van der Waals surface area contributed by atoms with Crippen LogP contribution in [0.15, 0.2) is 17.5 Å². The Morgan fingerprint density at radius 3 is 2.62 bits per heavy atom. The van der Waals surface area contributed by atoms with Gasteiger partial charge in [0.25, 0.3) is 0 Å².